The van der Waals surface area contributed by atoms with Gasteiger partial charge in [-0.3, -0.25) is 14.1 Å². The normalized spacial score (nSPS) is 14.2. The molecular weight excluding hydrogens is 715 g/mol. The van der Waals surface area contributed by atoms with E-state index in [0.29, 0.717) is 12.8 Å². The van der Waals surface area contributed by atoms with Crippen LogP contribution in [0.15, 0.2) is 109 Å². The van der Waals surface area contributed by atoms with Crippen LogP contribution in [0.25, 0.3) is 0 Å². The van der Waals surface area contributed by atoms with Gasteiger partial charge in [0.2, 0.25) is 0 Å². The molecule has 9 nitrogen and oxygen atoms in total. The van der Waals surface area contributed by atoms with Crippen molar-refractivity contribution in [3.8, 4) is 0 Å². The van der Waals surface area contributed by atoms with Crippen molar-refractivity contribution in [3.63, 3.8) is 0 Å². The summed E-state index contributed by atoms with van der Waals surface area (Å²) >= 11 is 0. The summed E-state index contributed by atoms with van der Waals surface area (Å²) in [5.41, 5.74) is 0. The number of hydrogen-bond donors (Lipinski definition) is 3. The Morgan fingerprint density at radius 2 is 1.09 bits per heavy atom. The van der Waals surface area contributed by atoms with Gasteiger partial charge in [-0.05, 0) is 77.0 Å². The molecule has 0 aromatic carbocycles. The summed E-state index contributed by atoms with van der Waals surface area (Å²) in [7, 11) is -4.84. The minimum Gasteiger partial charge on any atom is -0.462 e. The van der Waals surface area contributed by atoms with E-state index < -0.39 is 45.2 Å². The topological polar surface area (TPSA) is 140 Å². The molecule has 0 aliphatic carbocycles. The summed E-state index contributed by atoms with van der Waals surface area (Å²) in [6, 6.07) is 0. The molecule has 0 fully saturated rings. The number of unbranched alkanes of at least 4 members (excludes halogenated alkanes) is 7. The van der Waals surface area contributed by atoms with Gasteiger partial charge in [0, 0.05) is 12.8 Å². The number of esters is 2. The molecule has 0 amide bonds. The quantitative estimate of drug-likeness (QED) is 0.0188. The number of phosphoric ester groups is 1. The number of hydrogen-bond acceptors (Lipinski definition) is 7. The fraction of sp³-hybridized carbons (Fsp3) is 0.556. The number of ether oxygens (including phenoxy) is 2. The molecule has 0 bridgehead atoms. The fourth-order valence-corrected chi connectivity index (χ4v) is 5.21. The van der Waals surface area contributed by atoms with E-state index in [1.54, 1.807) is 12.2 Å². The second kappa shape index (κ2) is 38.9. The van der Waals surface area contributed by atoms with Crippen molar-refractivity contribution in [1.82, 2.24) is 0 Å². The molecule has 0 radical (unpaired) electrons. The van der Waals surface area contributed by atoms with Crippen LogP contribution < -0.4 is 0 Å². The summed E-state index contributed by atoms with van der Waals surface area (Å²) in [5, 5.41) is 10.2. The smallest absolute Gasteiger partial charge is 0.462 e. The first-order valence-corrected chi connectivity index (χ1v) is 21.8. The number of aliphatic hydroxyl groups is 1. The third kappa shape index (κ3) is 41.7. The third-order valence-corrected chi connectivity index (χ3v) is 8.38. The van der Waals surface area contributed by atoms with Crippen molar-refractivity contribution in [3.05, 3.63) is 109 Å². The number of carbonyl (C=O) groups excluding carboxylic acids is 2. The van der Waals surface area contributed by atoms with E-state index in [1.807, 2.05) is 24.3 Å². The molecule has 1 unspecified atom stereocenters. The van der Waals surface area contributed by atoms with Crippen molar-refractivity contribution < 1.29 is 43.0 Å². The monoisotopic (exact) mass is 786 g/mol. The number of phosphoric acid groups is 1. The second-order valence-corrected chi connectivity index (χ2v) is 14.3. The predicted molar refractivity (Wildman–Crippen MR) is 226 cm³/mol. The lowest BCUT2D eigenvalue weighted by molar-refractivity contribution is -0.161. The highest BCUT2D eigenvalue weighted by Gasteiger charge is 2.23. The third-order valence-electron chi connectivity index (χ3n) is 7.89. The average molecular weight is 787 g/mol. The summed E-state index contributed by atoms with van der Waals surface area (Å²) in [6.45, 7) is 3.30. The highest BCUT2D eigenvalue weighted by atomic mass is 31.2. The number of rotatable bonds is 35. The van der Waals surface area contributed by atoms with Crippen LogP contribution in [0.1, 0.15) is 136 Å². The van der Waals surface area contributed by atoms with Crippen LogP contribution in [0, 0.1) is 0 Å². The first kappa shape index (κ1) is 51.7. The second-order valence-electron chi connectivity index (χ2n) is 13.1. The van der Waals surface area contributed by atoms with Gasteiger partial charge < -0.3 is 24.4 Å². The molecular formula is C45H71O9P. The first-order chi connectivity index (χ1) is 26.7. The van der Waals surface area contributed by atoms with Crippen molar-refractivity contribution in [2.45, 2.75) is 148 Å². The van der Waals surface area contributed by atoms with Crippen molar-refractivity contribution in [2.24, 2.45) is 0 Å². The molecule has 0 saturated carbocycles. The molecule has 310 valence electrons. The molecule has 10 heteroatoms. The van der Waals surface area contributed by atoms with Crippen molar-refractivity contribution in [1.29, 1.82) is 0 Å². The van der Waals surface area contributed by atoms with Crippen LogP contribution in [0.4, 0.5) is 0 Å². The molecule has 2 atom stereocenters. The Morgan fingerprint density at radius 3 is 1.65 bits per heavy atom. The van der Waals surface area contributed by atoms with Gasteiger partial charge in [-0.15, -0.1) is 0 Å². The van der Waals surface area contributed by atoms with Crippen LogP contribution >= 0.6 is 7.82 Å². The summed E-state index contributed by atoms with van der Waals surface area (Å²) < 4.78 is 26.1. The number of aliphatic hydroxyl groups excluding tert-OH is 1. The zero-order valence-corrected chi connectivity index (χ0v) is 34.5. The molecule has 0 heterocycles. The lowest BCUT2D eigenvalue weighted by Gasteiger charge is -2.18. The summed E-state index contributed by atoms with van der Waals surface area (Å²) in [5.74, 6) is -1.24. The van der Waals surface area contributed by atoms with Crippen LogP contribution in [-0.2, 0) is 28.2 Å². The van der Waals surface area contributed by atoms with Gasteiger partial charge in [0.05, 0.1) is 12.7 Å². The highest BCUT2D eigenvalue weighted by molar-refractivity contribution is 7.46. The van der Waals surface area contributed by atoms with Crippen molar-refractivity contribution in [2.75, 3.05) is 13.2 Å². The molecule has 0 aromatic rings. The zero-order valence-electron chi connectivity index (χ0n) is 33.6. The maximum absolute atomic E-state index is 12.4. The maximum atomic E-state index is 12.4. The number of carbonyl (C=O) groups is 2. The molecule has 0 aromatic heterocycles. The van der Waals surface area contributed by atoms with Gasteiger partial charge in [-0.25, -0.2) is 4.57 Å². The Bertz CT molecular complexity index is 1270. The van der Waals surface area contributed by atoms with E-state index in [-0.39, 0.29) is 19.3 Å². The van der Waals surface area contributed by atoms with Gasteiger partial charge in [0.1, 0.15) is 6.61 Å². The van der Waals surface area contributed by atoms with Gasteiger partial charge in [0.25, 0.3) is 0 Å². The number of allylic oxidation sites excluding steroid dienone is 17. The van der Waals surface area contributed by atoms with E-state index in [0.717, 1.165) is 51.4 Å². The van der Waals surface area contributed by atoms with E-state index >= 15 is 0 Å². The Morgan fingerprint density at radius 1 is 0.582 bits per heavy atom. The Hall–Kier alpha value is -3.33. The minimum atomic E-state index is -4.84. The SMILES string of the molecule is CC/C=C\C/C=C\C/C=C\C/C=C\C/C=C\C=C/C(O)CCC(=O)O[C@H](COC(=O)CCC/C=C\C/C=C\C/C=C\CCCCCCCC)COP(=O)(O)O. The summed E-state index contributed by atoms with van der Waals surface area (Å²) in [4.78, 5) is 42.8. The fourth-order valence-electron chi connectivity index (χ4n) is 4.85. The first-order valence-electron chi connectivity index (χ1n) is 20.3. The van der Waals surface area contributed by atoms with Gasteiger partial charge in [-0.1, -0.05) is 155 Å². The van der Waals surface area contributed by atoms with Crippen LogP contribution in [-0.4, -0.2) is 52.3 Å². The van der Waals surface area contributed by atoms with Gasteiger partial charge >= 0.3 is 19.8 Å². The molecule has 0 rings (SSSR count). The van der Waals surface area contributed by atoms with E-state index in [4.69, 9.17) is 19.3 Å². The maximum Gasteiger partial charge on any atom is 0.469 e. The highest BCUT2D eigenvalue weighted by Crippen LogP contribution is 2.36. The molecule has 0 spiro atoms. The molecule has 3 N–H and O–H groups in total. The Kier molecular flexibility index (Phi) is 36.6. The van der Waals surface area contributed by atoms with Gasteiger partial charge in [0.15, 0.2) is 6.10 Å². The Balaban J connectivity index is 4.29. The van der Waals surface area contributed by atoms with E-state index in [9.17, 15) is 19.3 Å². The minimum absolute atomic E-state index is 0.0750. The van der Waals surface area contributed by atoms with E-state index in [2.05, 4.69) is 91.3 Å². The van der Waals surface area contributed by atoms with Crippen LogP contribution in [0.5, 0.6) is 0 Å². The molecule has 0 saturated heterocycles. The lowest BCUT2D eigenvalue weighted by atomic mass is 10.1. The van der Waals surface area contributed by atoms with Gasteiger partial charge in [-0.2, -0.15) is 0 Å². The van der Waals surface area contributed by atoms with Crippen LogP contribution in [0.3, 0.4) is 0 Å². The summed E-state index contributed by atoms with van der Waals surface area (Å²) in [6.07, 6.45) is 51.5. The van der Waals surface area contributed by atoms with Crippen LogP contribution in [0.2, 0.25) is 0 Å². The standard InChI is InChI=1S/C45H71O9P/c1-3-5-7-9-11-13-15-17-19-21-23-25-27-29-31-33-35-37-44(47)52-40-43(41-53-55(49,50)51)54-45(48)39-38-42(46)36-34-32-30-28-26-24-22-20-18-16-14-12-10-8-6-4-2/h6,8,12,14,17-20,23-26,29-32,34,36,42-43,46H,3-5,7,9-11,13,15-16,21-22,27-28,33,35,37-41H2,1-2H3,(H2,49,50,51)/b8-6-,14-12-,19-17-,20-18-,25-23-,26-24-,31-29-,32-30-,36-34-/t42?,43-/m1/s1. The predicted octanol–water partition coefficient (Wildman–Crippen LogP) is 11.4. The molecule has 0 aliphatic rings. The largest absolute Gasteiger partial charge is 0.469 e. The molecule has 0 aliphatic heterocycles. The van der Waals surface area contributed by atoms with Crippen molar-refractivity contribution >= 4 is 19.8 Å². The van der Waals surface area contributed by atoms with E-state index in [1.165, 1.54) is 38.5 Å². The average Bonchev–Trinajstić information content (AvgIpc) is 3.15. The molecule has 55 heavy (non-hydrogen) atoms. The Labute approximate surface area is 332 Å². The lowest BCUT2D eigenvalue weighted by Crippen LogP contribution is -2.29. The zero-order chi connectivity index (χ0) is 40.5.